The number of carbonyl (C=O) groups excluding carboxylic acids is 1. The summed E-state index contributed by atoms with van der Waals surface area (Å²) in [6, 6.07) is 18.5. The third-order valence-corrected chi connectivity index (χ3v) is 5.78. The Hall–Kier alpha value is -2.57. The minimum Gasteiger partial charge on any atom is -0.337 e. The fraction of sp³-hybridized carbons (Fsp3) is 0.238. The monoisotopic (exact) mass is 378 g/mol. The maximum Gasteiger partial charge on any atom is 0.242 e. The molecule has 3 aromatic rings. The molecule has 6 heteroatoms. The molecule has 1 aliphatic heterocycles. The van der Waals surface area contributed by atoms with Gasteiger partial charge < -0.3 is 9.47 Å². The molecular formula is C21H22N4OS. The molecule has 0 radical (unpaired) electrons. The maximum absolute atomic E-state index is 13.1. The number of aryl methyl sites for hydroxylation is 1. The van der Waals surface area contributed by atoms with Crippen LogP contribution in [0.4, 0.5) is 5.69 Å². The van der Waals surface area contributed by atoms with Crippen LogP contribution in [0.5, 0.6) is 0 Å². The molecule has 0 unspecified atom stereocenters. The zero-order chi connectivity index (χ0) is 18.6. The number of carbonyl (C=O) groups is 1. The Morgan fingerprint density at radius 3 is 2.63 bits per heavy atom. The number of benzene rings is 2. The molecule has 2 aromatic carbocycles. The van der Waals surface area contributed by atoms with Crippen LogP contribution in [0, 0.1) is 0 Å². The molecule has 0 atom stereocenters. The second kappa shape index (κ2) is 7.98. The highest BCUT2D eigenvalue weighted by Gasteiger charge is 2.27. The van der Waals surface area contributed by atoms with Crippen molar-refractivity contribution in [3.8, 4) is 0 Å². The zero-order valence-electron chi connectivity index (χ0n) is 15.3. The number of hydrogen-bond acceptors (Lipinski definition) is 4. The highest BCUT2D eigenvalue weighted by molar-refractivity contribution is 7.97. The first-order valence-electron chi connectivity index (χ1n) is 9.02. The van der Waals surface area contributed by atoms with Crippen LogP contribution in [0.15, 0.2) is 72.0 Å². The molecule has 0 saturated heterocycles. The fourth-order valence-electron chi connectivity index (χ4n) is 3.24. The van der Waals surface area contributed by atoms with Gasteiger partial charge in [0.2, 0.25) is 5.91 Å². The lowest BCUT2D eigenvalue weighted by Gasteiger charge is -2.22. The van der Waals surface area contributed by atoms with Gasteiger partial charge in [-0.05, 0) is 36.1 Å². The second-order valence-corrected chi connectivity index (χ2v) is 7.77. The van der Waals surface area contributed by atoms with Crippen LogP contribution in [0.1, 0.15) is 11.3 Å². The Balaban J connectivity index is 1.56. The van der Waals surface area contributed by atoms with Crippen LogP contribution in [0.25, 0.3) is 0 Å². The Morgan fingerprint density at radius 1 is 1.07 bits per heavy atom. The number of amides is 1. The molecule has 0 spiro atoms. The highest BCUT2D eigenvalue weighted by atomic mass is 32.2. The van der Waals surface area contributed by atoms with Gasteiger partial charge in [0.15, 0.2) is 0 Å². The van der Waals surface area contributed by atoms with E-state index in [9.17, 15) is 4.79 Å². The van der Waals surface area contributed by atoms with Crippen molar-refractivity contribution in [2.45, 2.75) is 17.9 Å². The number of para-hydroxylation sites is 1. The molecule has 0 N–H and O–H groups in total. The number of rotatable bonds is 5. The third kappa shape index (κ3) is 4.07. The van der Waals surface area contributed by atoms with Crippen molar-refractivity contribution in [1.82, 2.24) is 13.9 Å². The lowest BCUT2D eigenvalue weighted by atomic mass is 10.1. The standard InChI is InChI=1S/C21H22N4OS/c1-23-16-22-13-18(23)14-24-15-21(26)25(12-11-17-7-3-2-4-8-17)19-9-5-6-10-20(19)27-24/h2-10,13,16H,11-12,14-15H2,1H3. The molecule has 0 saturated carbocycles. The Kier molecular flexibility index (Phi) is 5.27. The summed E-state index contributed by atoms with van der Waals surface area (Å²) in [6.45, 7) is 1.73. The summed E-state index contributed by atoms with van der Waals surface area (Å²) in [4.78, 5) is 20.3. The topological polar surface area (TPSA) is 41.4 Å². The maximum atomic E-state index is 13.1. The molecule has 5 nitrogen and oxygen atoms in total. The van der Waals surface area contributed by atoms with Crippen molar-refractivity contribution >= 4 is 23.5 Å². The van der Waals surface area contributed by atoms with E-state index in [0.29, 0.717) is 19.6 Å². The average Bonchev–Trinajstić information content (AvgIpc) is 3.02. The van der Waals surface area contributed by atoms with Gasteiger partial charge in [0.25, 0.3) is 0 Å². The van der Waals surface area contributed by atoms with Gasteiger partial charge in [-0.1, -0.05) is 42.5 Å². The van der Waals surface area contributed by atoms with Crippen molar-refractivity contribution in [3.63, 3.8) is 0 Å². The summed E-state index contributed by atoms with van der Waals surface area (Å²) < 4.78 is 4.11. The van der Waals surface area contributed by atoms with E-state index in [1.165, 1.54) is 5.56 Å². The first-order valence-corrected chi connectivity index (χ1v) is 9.79. The van der Waals surface area contributed by atoms with Gasteiger partial charge >= 0.3 is 0 Å². The van der Waals surface area contributed by atoms with E-state index in [2.05, 4.69) is 27.5 Å². The summed E-state index contributed by atoms with van der Waals surface area (Å²) in [5.74, 6) is 0.130. The van der Waals surface area contributed by atoms with Crippen LogP contribution in [-0.4, -0.2) is 32.9 Å². The van der Waals surface area contributed by atoms with Crippen molar-refractivity contribution in [3.05, 3.63) is 78.4 Å². The second-order valence-electron chi connectivity index (χ2n) is 6.63. The number of fused-ring (bicyclic) bond motifs is 1. The van der Waals surface area contributed by atoms with E-state index < -0.39 is 0 Å². The zero-order valence-corrected chi connectivity index (χ0v) is 16.1. The van der Waals surface area contributed by atoms with E-state index in [-0.39, 0.29) is 5.91 Å². The molecule has 0 aliphatic carbocycles. The summed E-state index contributed by atoms with van der Waals surface area (Å²) >= 11 is 1.64. The van der Waals surface area contributed by atoms with Gasteiger partial charge in [-0.3, -0.25) is 4.79 Å². The predicted octanol–water partition coefficient (Wildman–Crippen LogP) is 3.52. The summed E-state index contributed by atoms with van der Waals surface area (Å²) in [6.07, 6.45) is 4.49. The average molecular weight is 379 g/mol. The van der Waals surface area contributed by atoms with Gasteiger partial charge in [0.05, 0.1) is 30.8 Å². The van der Waals surface area contributed by atoms with Crippen molar-refractivity contribution < 1.29 is 4.79 Å². The minimum absolute atomic E-state index is 0.130. The summed E-state index contributed by atoms with van der Waals surface area (Å²) in [7, 11) is 1.98. The molecule has 4 rings (SSSR count). The lowest BCUT2D eigenvalue weighted by Crippen LogP contribution is -2.37. The smallest absolute Gasteiger partial charge is 0.242 e. The number of anilines is 1. The summed E-state index contributed by atoms with van der Waals surface area (Å²) in [5, 5.41) is 0. The highest BCUT2D eigenvalue weighted by Crippen LogP contribution is 2.36. The van der Waals surface area contributed by atoms with Crippen LogP contribution in [-0.2, 0) is 24.8 Å². The van der Waals surface area contributed by atoms with E-state index in [1.807, 2.05) is 59.1 Å². The van der Waals surface area contributed by atoms with Crippen molar-refractivity contribution in [2.75, 3.05) is 18.0 Å². The van der Waals surface area contributed by atoms with E-state index in [1.54, 1.807) is 18.3 Å². The number of imidazole rings is 1. The molecule has 1 aliphatic rings. The summed E-state index contributed by atoms with van der Waals surface area (Å²) in [5.41, 5.74) is 3.33. The molecule has 0 fully saturated rings. The van der Waals surface area contributed by atoms with E-state index in [4.69, 9.17) is 0 Å². The first kappa shape index (κ1) is 17.8. The van der Waals surface area contributed by atoms with E-state index in [0.717, 1.165) is 22.7 Å². The van der Waals surface area contributed by atoms with Crippen LogP contribution < -0.4 is 4.90 Å². The number of hydrogen-bond donors (Lipinski definition) is 0. The molecule has 1 amide bonds. The van der Waals surface area contributed by atoms with Crippen LogP contribution >= 0.6 is 11.9 Å². The van der Waals surface area contributed by atoms with Crippen LogP contribution in [0.3, 0.4) is 0 Å². The predicted molar refractivity (Wildman–Crippen MR) is 108 cm³/mol. The first-order chi connectivity index (χ1) is 13.2. The molecule has 0 bridgehead atoms. The van der Waals surface area contributed by atoms with Crippen LogP contribution in [0.2, 0.25) is 0 Å². The molecule has 27 heavy (non-hydrogen) atoms. The molecule has 1 aromatic heterocycles. The van der Waals surface area contributed by atoms with E-state index >= 15 is 0 Å². The molecular weight excluding hydrogens is 356 g/mol. The quantitative estimate of drug-likeness (QED) is 0.637. The lowest BCUT2D eigenvalue weighted by molar-refractivity contribution is -0.118. The number of nitrogens with zero attached hydrogens (tertiary/aromatic N) is 4. The normalized spacial score (nSPS) is 14.9. The van der Waals surface area contributed by atoms with Crippen molar-refractivity contribution in [2.24, 2.45) is 7.05 Å². The SMILES string of the molecule is Cn1cncc1CN1CC(=O)N(CCc2ccccc2)c2ccccc2S1. The van der Waals surface area contributed by atoms with Gasteiger partial charge in [0.1, 0.15) is 0 Å². The van der Waals surface area contributed by atoms with Gasteiger partial charge in [-0.25, -0.2) is 9.29 Å². The Bertz CT molecular complexity index is 925. The van der Waals surface area contributed by atoms with Gasteiger partial charge in [0, 0.05) is 24.7 Å². The third-order valence-electron chi connectivity index (χ3n) is 4.72. The molecule has 138 valence electrons. The Labute approximate surface area is 163 Å². The van der Waals surface area contributed by atoms with Gasteiger partial charge in [-0.15, -0.1) is 0 Å². The minimum atomic E-state index is 0.130. The van der Waals surface area contributed by atoms with Gasteiger partial charge in [-0.2, -0.15) is 0 Å². The molecule has 2 heterocycles. The number of aromatic nitrogens is 2. The van der Waals surface area contributed by atoms with Crippen molar-refractivity contribution in [1.29, 1.82) is 0 Å². The fourth-order valence-corrected chi connectivity index (χ4v) is 4.30. The largest absolute Gasteiger partial charge is 0.337 e. The Morgan fingerprint density at radius 2 is 1.85 bits per heavy atom.